The van der Waals surface area contributed by atoms with Gasteiger partial charge in [0.1, 0.15) is 17.4 Å². The Bertz CT molecular complexity index is 1550. The van der Waals surface area contributed by atoms with Crippen molar-refractivity contribution in [3.63, 3.8) is 0 Å². The fraction of sp³-hybridized carbons (Fsp3) is 0.200. The number of thiophene rings is 1. The number of halogens is 2. The number of rotatable bonds is 9. The molecule has 10 heteroatoms. The molecule has 0 atom stereocenters. The summed E-state index contributed by atoms with van der Waals surface area (Å²) < 4.78 is 7.92. The van der Waals surface area contributed by atoms with Crippen LogP contribution in [0, 0.1) is 17.3 Å². The number of fused-ring (bicyclic) bond motifs is 1. The third kappa shape index (κ3) is 6.89. The van der Waals surface area contributed by atoms with Crippen molar-refractivity contribution in [2.75, 3.05) is 0 Å². The van der Waals surface area contributed by atoms with Crippen LogP contribution in [0.4, 0.5) is 10.7 Å². The Morgan fingerprint density at radius 1 is 1.02 bits per heavy atom. The average Bonchev–Trinajstić information content (AvgIpc) is 3.34. The number of nitro groups is 1. The van der Waals surface area contributed by atoms with Crippen molar-refractivity contribution in [3.8, 4) is 5.75 Å². The van der Waals surface area contributed by atoms with Gasteiger partial charge in [-0.2, -0.15) is 0 Å². The molecule has 0 spiro atoms. The molecule has 0 bridgehead atoms. The number of aryl methyl sites for hydroxylation is 1. The van der Waals surface area contributed by atoms with Gasteiger partial charge in [-0.3, -0.25) is 14.9 Å². The minimum absolute atomic E-state index is 0.0555. The van der Waals surface area contributed by atoms with Crippen LogP contribution in [0.25, 0.3) is 0 Å². The summed E-state index contributed by atoms with van der Waals surface area (Å²) in [4.78, 5) is 29.9. The lowest BCUT2D eigenvalue weighted by Crippen LogP contribution is -2.24. The van der Waals surface area contributed by atoms with E-state index in [0.717, 1.165) is 65.8 Å². The van der Waals surface area contributed by atoms with Crippen LogP contribution in [-0.4, -0.2) is 17.0 Å². The van der Waals surface area contributed by atoms with Crippen LogP contribution < -0.4 is 10.1 Å². The molecule has 204 valence electrons. The number of hydrogen-bond acceptors (Lipinski definition) is 6. The number of carbonyl (C=O) groups excluding carboxylic acids is 1. The minimum Gasteiger partial charge on any atom is -0.487 e. The third-order valence-corrected chi connectivity index (χ3v) is 9.36. The van der Waals surface area contributed by atoms with Gasteiger partial charge in [0.25, 0.3) is 11.6 Å². The van der Waals surface area contributed by atoms with E-state index in [9.17, 15) is 14.9 Å². The van der Waals surface area contributed by atoms with Crippen molar-refractivity contribution in [1.82, 2.24) is 5.32 Å². The number of nitrogens with zero attached hydrogens (tertiary/aromatic N) is 2. The second kappa shape index (κ2) is 13.2. The fourth-order valence-electron chi connectivity index (χ4n) is 4.54. The zero-order valence-corrected chi connectivity index (χ0v) is 26.5. The molecule has 4 aromatic rings. The van der Waals surface area contributed by atoms with Crippen molar-refractivity contribution in [3.05, 3.63) is 117 Å². The predicted octanol–water partition coefficient (Wildman–Crippen LogP) is 8.00. The van der Waals surface area contributed by atoms with Crippen molar-refractivity contribution in [1.29, 1.82) is 0 Å². The highest BCUT2D eigenvalue weighted by atomic mass is 127. The summed E-state index contributed by atoms with van der Waals surface area (Å²) in [6.45, 7) is 0.783. The monoisotopic (exact) mass is 777 g/mol. The maximum atomic E-state index is 13.3. The van der Waals surface area contributed by atoms with Gasteiger partial charge in [-0.15, -0.1) is 11.3 Å². The summed E-state index contributed by atoms with van der Waals surface area (Å²) >= 11 is 6.11. The largest absolute Gasteiger partial charge is 0.487 e. The highest BCUT2D eigenvalue weighted by molar-refractivity contribution is 14.1. The summed E-state index contributed by atoms with van der Waals surface area (Å²) in [5, 5.41) is 14.7. The molecule has 1 aliphatic rings. The second-order valence-corrected chi connectivity index (χ2v) is 12.8. The molecular weight excluding hydrogens is 752 g/mol. The molecule has 1 aliphatic carbocycles. The van der Waals surface area contributed by atoms with Gasteiger partial charge in [0.15, 0.2) is 0 Å². The first kappa shape index (κ1) is 28.7. The number of carbonyl (C=O) groups is 1. The molecule has 0 aliphatic heterocycles. The first-order valence-corrected chi connectivity index (χ1v) is 15.7. The summed E-state index contributed by atoms with van der Waals surface area (Å²) in [7, 11) is 0. The molecule has 40 heavy (non-hydrogen) atoms. The molecule has 0 fully saturated rings. The molecule has 7 nitrogen and oxygen atoms in total. The number of amides is 1. The summed E-state index contributed by atoms with van der Waals surface area (Å²) in [6, 6.07) is 20.3. The summed E-state index contributed by atoms with van der Waals surface area (Å²) in [5.41, 5.74) is 4.73. The van der Waals surface area contributed by atoms with Gasteiger partial charge in [-0.05, 0) is 117 Å². The van der Waals surface area contributed by atoms with E-state index < -0.39 is 4.92 Å². The molecule has 0 unspecified atom stereocenters. The highest BCUT2D eigenvalue weighted by Crippen LogP contribution is 2.40. The Balaban J connectivity index is 1.33. The number of benzene rings is 3. The van der Waals surface area contributed by atoms with Gasteiger partial charge in [0.2, 0.25) is 0 Å². The first-order valence-electron chi connectivity index (χ1n) is 12.7. The highest BCUT2D eigenvalue weighted by Gasteiger charge is 2.25. The number of aliphatic imine (C=N–C) groups is 1. The molecule has 3 aromatic carbocycles. The number of non-ortho nitro benzene ring substituents is 1. The third-order valence-electron chi connectivity index (χ3n) is 6.56. The van der Waals surface area contributed by atoms with Gasteiger partial charge in [-0.1, -0.05) is 30.3 Å². The van der Waals surface area contributed by atoms with E-state index in [-0.39, 0.29) is 11.6 Å². The van der Waals surface area contributed by atoms with Crippen molar-refractivity contribution in [2.45, 2.75) is 38.8 Å². The van der Waals surface area contributed by atoms with Gasteiger partial charge in [0, 0.05) is 29.8 Å². The molecule has 1 aromatic heterocycles. The quantitative estimate of drug-likeness (QED) is 0.0807. The lowest BCUT2D eigenvalue weighted by atomic mass is 9.95. The van der Waals surface area contributed by atoms with Crippen LogP contribution in [0.1, 0.15) is 50.3 Å². The van der Waals surface area contributed by atoms with Crippen LogP contribution >= 0.6 is 56.5 Å². The Kier molecular flexibility index (Phi) is 9.48. The maximum Gasteiger partial charge on any atom is 0.269 e. The van der Waals surface area contributed by atoms with Crippen LogP contribution in [-0.2, 0) is 26.0 Å². The van der Waals surface area contributed by atoms with Gasteiger partial charge in [0.05, 0.1) is 17.6 Å². The van der Waals surface area contributed by atoms with E-state index in [0.29, 0.717) is 18.7 Å². The van der Waals surface area contributed by atoms with Crippen molar-refractivity contribution < 1.29 is 14.5 Å². The van der Waals surface area contributed by atoms with E-state index in [4.69, 9.17) is 9.73 Å². The molecule has 1 amide bonds. The molecular formula is C30H25I2N3O4S. The van der Waals surface area contributed by atoms with Crippen LogP contribution in [0.2, 0.25) is 0 Å². The van der Waals surface area contributed by atoms with E-state index in [2.05, 4.69) is 50.5 Å². The predicted molar refractivity (Wildman–Crippen MR) is 175 cm³/mol. The fourth-order valence-corrected chi connectivity index (χ4v) is 7.90. The smallest absolute Gasteiger partial charge is 0.269 e. The summed E-state index contributed by atoms with van der Waals surface area (Å²) in [6.07, 6.45) is 5.94. The number of nitro benzene ring substituents is 1. The van der Waals surface area contributed by atoms with Crippen LogP contribution in [0.15, 0.2) is 71.7 Å². The Morgan fingerprint density at radius 2 is 1.73 bits per heavy atom. The number of nitrogens with one attached hydrogen (secondary N) is 1. The van der Waals surface area contributed by atoms with Crippen LogP contribution in [0.3, 0.4) is 0 Å². The SMILES string of the molecule is O=C(NCc1ccccc1)c1c(N=Cc2cc(I)c(OCc3ccc([N+](=O)[O-])cc3)c(I)c2)sc2c1CCCC2. The van der Waals surface area contributed by atoms with E-state index in [1.54, 1.807) is 23.5 Å². The normalized spacial score (nSPS) is 12.8. The average molecular weight is 777 g/mol. The Hall–Kier alpha value is -2.84. The standard InChI is InChI=1S/C30H25I2N3O4S/c31-24-14-21(15-25(32)28(24)39-18-20-10-12-22(13-11-20)35(37)38)17-34-30-27(23-8-4-5-9-26(23)40-30)29(36)33-16-19-6-2-1-3-7-19/h1-3,6-7,10-15,17H,4-5,8-9,16,18H2,(H,33,36). The second-order valence-electron chi connectivity index (χ2n) is 9.34. The lowest BCUT2D eigenvalue weighted by Gasteiger charge is -2.13. The Labute approximate surface area is 263 Å². The van der Waals surface area contributed by atoms with Crippen LogP contribution in [0.5, 0.6) is 5.75 Å². The van der Waals surface area contributed by atoms with E-state index >= 15 is 0 Å². The number of ether oxygens (including phenoxy) is 1. The van der Waals surface area contributed by atoms with Gasteiger partial charge >= 0.3 is 0 Å². The zero-order chi connectivity index (χ0) is 28.1. The topological polar surface area (TPSA) is 93.8 Å². The lowest BCUT2D eigenvalue weighted by molar-refractivity contribution is -0.384. The molecule has 0 saturated carbocycles. The molecule has 0 radical (unpaired) electrons. The molecule has 0 saturated heterocycles. The minimum atomic E-state index is -0.414. The van der Waals surface area contributed by atoms with Crippen molar-refractivity contribution in [2.24, 2.45) is 4.99 Å². The first-order chi connectivity index (χ1) is 19.4. The van der Waals surface area contributed by atoms with Crippen molar-refractivity contribution >= 4 is 79.3 Å². The van der Waals surface area contributed by atoms with E-state index in [1.807, 2.05) is 48.7 Å². The zero-order valence-electron chi connectivity index (χ0n) is 21.4. The van der Waals surface area contributed by atoms with Gasteiger partial charge in [-0.25, -0.2) is 4.99 Å². The molecule has 1 N–H and O–H groups in total. The molecule has 5 rings (SSSR count). The maximum absolute atomic E-state index is 13.3. The van der Waals surface area contributed by atoms with E-state index in [1.165, 1.54) is 17.0 Å². The summed E-state index contributed by atoms with van der Waals surface area (Å²) in [5.74, 6) is 0.679. The molecule has 1 heterocycles. The Morgan fingerprint density at radius 3 is 2.42 bits per heavy atom. The number of hydrogen-bond donors (Lipinski definition) is 1. The van der Waals surface area contributed by atoms with Gasteiger partial charge < -0.3 is 10.1 Å².